The van der Waals surface area contributed by atoms with Gasteiger partial charge in [-0.1, -0.05) is 48.9 Å². The molecule has 0 heterocycles. The predicted molar refractivity (Wildman–Crippen MR) is 87.3 cm³/mol. The van der Waals surface area contributed by atoms with E-state index >= 15 is 0 Å². The molecule has 0 aliphatic rings. The van der Waals surface area contributed by atoms with E-state index < -0.39 is 0 Å². The highest BCUT2D eigenvalue weighted by Crippen LogP contribution is 2.29. The summed E-state index contributed by atoms with van der Waals surface area (Å²) in [6.45, 7) is 2.17. The van der Waals surface area contributed by atoms with Crippen LogP contribution < -0.4 is 5.32 Å². The molecule has 0 fully saturated rings. The van der Waals surface area contributed by atoms with Gasteiger partial charge in [-0.05, 0) is 52.8 Å². The molecular weight excluding hydrogens is 357 g/mol. The first-order chi connectivity index (χ1) is 8.70. The predicted octanol–water partition coefficient (Wildman–Crippen LogP) is 5.51. The van der Waals surface area contributed by atoms with E-state index in [1.807, 2.05) is 18.2 Å². The molecule has 1 N–H and O–H groups in total. The lowest BCUT2D eigenvalue weighted by atomic mass is 10.0. The summed E-state index contributed by atoms with van der Waals surface area (Å²) in [6, 6.07) is 16.8. The lowest BCUT2D eigenvalue weighted by Crippen LogP contribution is -2.09. The Morgan fingerprint density at radius 3 is 2.56 bits per heavy atom. The lowest BCUT2D eigenvalue weighted by Gasteiger charge is -2.19. The second-order valence-electron chi connectivity index (χ2n) is 4.14. The molecule has 0 bridgehead atoms. The maximum absolute atomic E-state index is 6.22. The van der Waals surface area contributed by atoms with Crippen LogP contribution in [-0.4, -0.2) is 0 Å². The maximum Gasteiger partial charge on any atom is 0.0638 e. The first-order valence-corrected chi connectivity index (χ1v) is 7.43. The summed E-state index contributed by atoms with van der Waals surface area (Å²) in [4.78, 5) is 0. The number of hydrogen-bond acceptors (Lipinski definition) is 1. The normalized spacial score (nSPS) is 12.2. The van der Waals surface area contributed by atoms with E-state index in [4.69, 9.17) is 11.6 Å². The molecule has 18 heavy (non-hydrogen) atoms. The van der Waals surface area contributed by atoms with Crippen LogP contribution in [0.4, 0.5) is 5.69 Å². The van der Waals surface area contributed by atoms with Crippen LogP contribution >= 0.6 is 34.2 Å². The van der Waals surface area contributed by atoms with Crippen LogP contribution in [0, 0.1) is 3.57 Å². The van der Waals surface area contributed by atoms with Gasteiger partial charge in [-0.15, -0.1) is 0 Å². The first kappa shape index (κ1) is 13.7. The van der Waals surface area contributed by atoms with E-state index in [-0.39, 0.29) is 0 Å². The van der Waals surface area contributed by atoms with Gasteiger partial charge in [0, 0.05) is 3.57 Å². The van der Waals surface area contributed by atoms with Crippen molar-refractivity contribution >= 4 is 39.9 Å². The maximum atomic E-state index is 6.22. The van der Waals surface area contributed by atoms with Crippen molar-refractivity contribution in [3.8, 4) is 0 Å². The van der Waals surface area contributed by atoms with Gasteiger partial charge < -0.3 is 5.32 Å². The molecule has 0 aliphatic carbocycles. The fraction of sp³-hybridized carbons (Fsp3) is 0.200. The third kappa shape index (κ3) is 3.39. The van der Waals surface area contributed by atoms with Crippen molar-refractivity contribution in [1.82, 2.24) is 0 Å². The molecule has 2 aromatic carbocycles. The summed E-state index contributed by atoms with van der Waals surface area (Å²) >= 11 is 8.52. The summed E-state index contributed by atoms with van der Waals surface area (Å²) in [5, 5.41) is 4.29. The van der Waals surface area contributed by atoms with Gasteiger partial charge >= 0.3 is 0 Å². The molecule has 0 radical (unpaired) electrons. The number of rotatable bonds is 4. The smallest absolute Gasteiger partial charge is 0.0638 e. The Kier molecular flexibility index (Phi) is 4.89. The van der Waals surface area contributed by atoms with E-state index in [0.29, 0.717) is 6.04 Å². The summed E-state index contributed by atoms with van der Waals surface area (Å²) in [6.07, 6.45) is 1.02. The van der Waals surface area contributed by atoms with Crippen molar-refractivity contribution in [1.29, 1.82) is 0 Å². The average molecular weight is 372 g/mol. The molecule has 0 saturated heterocycles. The summed E-state index contributed by atoms with van der Waals surface area (Å²) in [5.41, 5.74) is 2.29. The molecule has 3 heteroatoms. The Morgan fingerprint density at radius 2 is 1.89 bits per heavy atom. The van der Waals surface area contributed by atoms with Gasteiger partial charge in [0.25, 0.3) is 0 Å². The largest absolute Gasteiger partial charge is 0.377 e. The minimum absolute atomic E-state index is 0.293. The Morgan fingerprint density at radius 1 is 1.17 bits per heavy atom. The van der Waals surface area contributed by atoms with E-state index in [2.05, 4.69) is 65.2 Å². The third-order valence-electron chi connectivity index (χ3n) is 2.87. The van der Waals surface area contributed by atoms with E-state index in [1.54, 1.807) is 0 Å². The molecule has 0 aliphatic heterocycles. The molecule has 1 unspecified atom stereocenters. The average Bonchev–Trinajstić information content (AvgIpc) is 2.41. The van der Waals surface area contributed by atoms with Gasteiger partial charge in [0.1, 0.15) is 0 Å². The van der Waals surface area contributed by atoms with Crippen LogP contribution in [0.5, 0.6) is 0 Å². The van der Waals surface area contributed by atoms with E-state index in [9.17, 15) is 0 Å². The van der Waals surface area contributed by atoms with Gasteiger partial charge in [0.15, 0.2) is 0 Å². The van der Waals surface area contributed by atoms with Crippen molar-refractivity contribution in [2.45, 2.75) is 19.4 Å². The second-order valence-corrected chi connectivity index (χ2v) is 5.79. The third-order valence-corrected chi connectivity index (χ3v) is 3.87. The molecule has 0 spiro atoms. The first-order valence-electron chi connectivity index (χ1n) is 5.97. The van der Waals surface area contributed by atoms with Gasteiger partial charge in [-0.2, -0.15) is 0 Å². The number of hydrogen-bond donors (Lipinski definition) is 1. The molecular formula is C15H15ClIN. The minimum atomic E-state index is 0.293. The van der Waals surface area contributed by atoms with Gasteiger partial charge in [0.2, 0.25) is 0 Å². The Bertz CT molecular complexity index is 513. The molecule has 0 aromatic heterocycles. The van der Waals surface area contributed by atoms with Crippen LogP contribution in [0.1, 0.15) is 24.9 Å². The molecule has 2 aromatic rings. The van der Waals surface area contributed by atoms with Gasteiger partial charge in [-0.3, -0.25) is 0 Å². The van der Waals surface area contributed by atoms with Crippen molar-refractivity contribution in [3.05, 3.63) is 62.7 Å². The van der Waals surface area contributed by atoms with Crippen molar-refractivity contribution < 1.29 is 0 Å². The Labute approximate surface area is 127 Å². The molecule has 0 saturated carbocycles. The monoisotopic (exact) mass is 371 g/mol. The zero-order chi connectivity index (χ0) is 13.0. The van der Waals surface area contributed by atoms with Crippen LogP contribution in [0.15, 0.2) is 48.5 Å². The van der Waals surface area contributed by atoms with Crippen molar-refractivity contribution in [2.24, 2.45) is 0 Å². The summed E-state index contributed by atoms with van der Waals surface area (Å²) in [5.74, 6) is 0. The highest BCUT2D eigenvalue weighted by atomic mass is 127. The SMILES string of the molecule is CCC(Nc1cc(I)ccc1Cl)c1ccccc1. The quantitative estimate of drug-likeness (QED) is 0.699. The Hall–Kier alpha value is -0.740. The second kappa shape index (κ2) is 6.43. The van der Waals surface area contributed by atoms with Gasteiger partial charge in [0.05, 0.1) is 16.8 Å². The molecule has 1 nitrogen and oxygen atoms in total. The highest BCUT2D eigenvalue weighted by Gasteiger charge is 2.10. The van der Waals surface area contributed by atoms with E-state index in [0.717, 1.165) is 17.1 Å². The number of anilines is 1. The lowest BCUT2D eigenvalue weighted by molar-refractivity contribution is 0.749. The number of nitrogens with one attached hydrogen (secondary N) is 1. The Balaban J connectivity index is 2.23. The van der Waals surface area contributed by atoms with Crippen LogP contribution in [0.3, 0.4) is 0 Å². The van der Waals surface area contributed by atoms with Crippen molar-refractivity contribution in [3.63, 3.8) is 0 Å². The zero-order valence-electron chi connectivity index (χ0n) is 10.2. The standard InChI is InChI=1S/C15H15ClIN/c1-2-14(11-6-4-3-5-7-11)18-15-10-12(17)8-9-13(15)16/h3-10,14,18H,2H2,1H3. The summed E-state index contributed by atoms with van der Waals surface area (Å²) in [7, 11) is 0. The molecule has 1 atom stereocenters. The fourth-order valence-corrected chi connectivity index (χ4v) is 2.57. The molecule has 0 amide bonds. The van der Waals surface area contributed by atoms with Crippen LogP contribution in [-0.2, 0) is 0 Å². The van der Waals surface area contributed by atoms with Crippen molar-refractivity contribution in [2.75, 3.05) is 5.32 Å². The van der Waals surface area contributed by atoms with Crippen LogP contribution in [0.2, 0.25) is 5.02 Å². The number of halogens is 2. The number of benzene rings is 2. The van der Waals surface area contributed by atoms with Crippen LogP contribution in [0.25, 0.3) is 0 Å². The zero-order valence-corrected chi connectivity index (χ0v) is 13.1. The van der Waals surface area contributed by atoms with E-state index in [1.165, 1.54) is 9.13 Å². The minimum Gasteiger partial charge on any atom is -0.377 e. The fourth-order valence-electron chi connectivity index (χ4n) is 1.90. The topological polar surface area (TPSA) is 12.0 Å². The molecule has 94 valence electrons. The highest BCUT2D eigenvalue weighted by molar-refractivity contribution is 14.1. The molecule has 2 rings (SSSR count). The van der Waals surface area contributed by atoms with Gasteiger partial charge in [-0.25, -0.2) is 0 Å². The summed E-state index contributed by atoms with van der Waals surface area (Å²) < 4.78 is 1.18.